The fraction of sp³-hybridized carbons (Fsp3) is 0.529. The largest absolute Gasteiger partial charge is 0.340 e. The van der Waals surface area contributed by atoms with Crippen LogP contribution in [-0.4, -0.2) is 57.6 Å². The Labute approximate surface area is 145 Å². The number of anilines is 1. The number of aromatic amines is 2. The second kappa shape index (κ2) is 7.18. The summed E-state index contributed by atoms with van der Waals surface area (Å²) in [5.74, 6) is 1.16. The Bertz CT molecular complexity index is 864. The van der Waals surface area contributed by atoms with Gasteiger partial charge in [-0.1, -0.05) is 6.92 Å². The third-order valence-electron chi connectivity index (χ3n) is 4.60. The SMILES string of the molecule is CCN1CCN(c2nc(Cc3c(C)nc(C)[nH]c3=O)cc(=O)[nH]2)CC1. The third-order valence-corrected chi connectivity index (χ3v) is 4.60. The summed E-state index contributed by atoms with van der Waals surface area (Å²) in [6.07, 6.45) is 0.292. The summed E-state index contributed by atoms with van der Waals surface area (Å²) in [6.45, 7) is 10.3. The van der Waals surface area contributed by atoms with Crippen LogP contribution in [0.3, 0.4) is 0 Å². The number of H-pyrrole nitrogens is 2. The van der Waals surface area contributed by atoms with Gasteiger partial charge in [-0.2, -0.15) is 0 Å². The molecule has 1 saturated heterocycles. The van der Waals surface area contributed by atoms with Gasteiger partial charge in [0.15, 0.2) is 0 Å². The number of likely N-dealkylation sites (N-methyl/N-ethyl adjacent to an activating group) is 1. The summed E-state index contributed by atoms with van der Waals surface area (Å²) >= 11 is 0. The van der Waals surface area contributed by atoms with Crippen molar-refractivity contribution in [2.45, 2.75) is 27.2 Å². The number of piperazine rings is 1. The molecule has 0 spiro atoms. The van der Waals surface area contributed by atoms with E-state index in [1.807, 2.05) is 0 Å². The highest BCUT2D eigenvalue weighted by Crippen LogP contribution is 2.12. The summed E-state index contributed by atoms with van der Waals surface area (Å²) in [4.78, 5) is 43.1. The molecule has 1 aliphatic heterocycles. The maximum atomic E-state index is 12.2. The Balaban J connectivity index is 1.86. The average molecular weight is 344 g/mol. The smallest absolute Gasteiger partial charge is 0.254 e. The molecular formula is C17H24N6O2. The minimum Gasteiger partial charge on any atom is -0.340 e. The van der Waals surface area contributed by atoms with Crippen LogP contribution in [0.5, 0.6) is 0 Å². The van der Waals surface area contributed by atoms with Crippen LogP contribution in [0.25, 0.3) is 0 Å². The lowest BCUT2D eigenvalue weighted by atomic mass is 10.1. The Kier molecular flexibility index (Phi) is 4.98. The number of aryl methyl sites for hydroxylation is 2. The van der Waals surface area contributed by atoms with Crippen molar-refractivity contribution in [3.63, 3.8) is 0 Å². The highest BCUT2D eigenvalue weighted by molar-refractivity contribution is 5.33. The molecule has 1 aliphatic rings. The first-order valence-corrected chi connectivity index (χ1v) is 8.60. The van der Waals surface area contributed by atoms with Gasteiger partial charge >= 0.3 is 0 Å². The molecule has 0 bridgehead atoms. The van der Waals surface area contributed by atoms with E-state index in [4.69, 9.17) is 0 Å². The molecule has 2 aromatic rings. The number of rotatable bonds is 4. The number of nitrogens with one attached hydrogen (secondary N) is 2. The van der Waals surface area contributed by atoms with E-state index >= 15 is 0 Å². The zero-order valence-electron chi connectivity index (χ0n) is 14.9. The lowest BCUT2D eigenvalue weighted by Gasteiger charge is -2.34. The van der Waals surface area contributed by atoms with Gasteiger partial charge in [-0.05, 0) is 20.4 Å². The predicted molar refractivity (Wildman–Crippen MR) is 96.3 cm³/mol. The fourth-order valence-corrected chi connectivity index (χ4v) is 3.15. The summed E-state index contributed by atoms with van der Waals surface area (Å²) in [5, 5.41) is 0. The predicted octanol–water partition coefficient (Wildman–Crippen LogP) is 0.203. The standard InChI is InChI=1S/C17H24N6O2/c1-4-22-5-7-23(8-6-22)17-20-13(10-15(24)21-17)9-14-11(2)18-12(3)19-16(14)25/h10H,4-9H2,1-3H3,(H,18,19,25)(H,20,21,24). The minimum atomic E-state index is -0.202. The molecule has 0 atom stereocenters. The molecule has 1 fully saturated rings. The van der Waals surface area contributed by atoms with Crippen LogP contribution in [0, 0.1) is 13.8 Å². The zero-order valence-corrected chi connectivity index (χ0v) is 14.9. The van der Waals surface area contributed by atoms with Crippen LogP contribution < -0.4 is 16.0 Å². The van der Waals surface area contributed by atoms with Crippen LogP contribution in [0.4, 0.5) is 5.95 Å². The first kappa shape index (κ1) is 17.3. The number of nitrogens with zero attached hydrogens (tertiary/aromatic N) is 4. The molecule has 3 rings (SSSR count). The molecule has 8 heteroatoms. The monoisotopic (exact) mass is 344 g/mol. The highest BCUT2D eigenvalue weighted by Gasteiger charge is 2.18. The highest BCUT2D eigenvalue weighted by atomic mass is 16.1. The maximum absolute atomic E-state index is 12.2. The molecule has 0 aromatic carbocycles. The lowest BCUT2D eigenvalue weighted by molar-refractivity contribution is 0.270. The summed E-state index contributed by atoms with van der Waals surface area (Å²) < 4.78 is 0. The van der Waals surface area contributed by atoms with Gasteiger partial charge in [-0.15, -0.1) is 0 Å². The Morgan fingerprint density at radius 2 is 1.80 bits per heavy atom. The molecular weight excluding hydrogens is 320 g/mol. The maximum Gasteiger partial charge on any atom is 0.254 e. The molecule has 0 unspecified atom stereocenters. The molecule has 2 N–H and O–H groups in total. The van der Waals surface area contributed by atoms with Crippen LogP contribution >= 0.6 is 0 Å². The molecule has 0 radical (unpaired) electrons. The van der Waals surface area contributed by atoms with E-state index in [-0.39, 0.29) is 11.1 Å². The van der Waals surface area contributed by atoms with Gasteiger partial charge in [0.1, 0.15) is 5.82 Å². The van der Waals surface area contributed by atoms with E-state index in [9.17, 15) is 9.59 Å². The van der Waals surface area contributed by atoms with E-state index in [1.165, 1.54) is 6.07 Å². The zero-order chi connectivity index (χ0) is 18.0. The number of hydrogen-bond donors (Lipinski definition) is 2. The van der Waals surface area contributed by atoms with Crippen LogP contribution in [-0.2, 0) is 6.42 Å². The van der Waals surface area contributed by atoms with Crippen molar-refractivity contribution in [3.8, 4) is 0 Å². The second-order valence-electron chi connectivity index (χ2n) is 6.37. The Morgan fingerprint density at radius 1 is 1.08 bits per heavy atom. The summed E-state index contributed by atoms with van der Waals surface area (Å²) in [7, 11) is 0. The van der Waals surface area contributed by atoms with Crippen LogP contribution in [0.15, 0.2) is 15.7 Å². The molecule has 0 amide bonds. The number of aromatic nitrogens is 4. The van der Waals surface area contributed by atoms with Gasteiger partial charge in [-0.25, -0.2) is 9.97 Å². The Hall–Kier alpha value is -2.48. The van der Waals surface area contributed by atoms with E-state index in [2.05, 4.69) is 36.7 Å². The molecule has 8 nitrogen and oxygen atoms in total. The van der Waals surface area contributed by atoms with Gasteiger partial charge in [0.2, 0.25) is 5.95 Å². The van der Waals surface area contributed by atoms with Crippen LogP contribution in [0.2, 0.25) is 0 Å². The molecule has 2 aromatic heterocycles. The normalized spacial score (nSPS) is 15.6. The van der Waals surface area contributed by atoms with Crippen molar-refractivity contribution in [3.05, 3.63) is 49.5 Å². The topological polar surface area (TPSA) is 98.0 Å². The van der Waals surface area contributed by atoms with Crippen molar-refractivity contribution in [2.75, 3.05) is 37.6 Å². The summed E-state index contributed by atoms with van der Waals surface area (Å²) in [6, 6.07) is 1.45. The van der Waals surface area contributed by atoms with Gasteiger partial charge in [-0.3, -0.25) is 14.6 Å². The third kappa shape index (κ3) is 3.96. The van der Waals surface area contributed by atoms with Crippen molar-refractivity contribution < 1.29 is 0 Å². The first-order valence-electron chi connectivity index (χ1n) is 8.60. The molecule has 25 heavy (non-hydrogen) atoms. The van der Waals surface area contributed by atoms with Gasteiger partial charge in [0.25, 0.3) is 11.1 Å². The van der Waals surface area contributed by atoms with Gasteiger partial charge < -0.3 is 14.8 Å². The number of hydrogen-bond acceptors (Lipinski definition) is 6. The van der Waals surface area contributed by atoms with E-state index in [1.54, 1.807) is 13.8 Å². The fourth-order valence-electron chi connectivity index (χ4n) is 3.15. The van der Waals surface area contributed by atoms with E-state index < -0.39 is 0 Å². The quantitative estimate of drug-likeness (QED) is 0.822. The van der Waals surface area contributed by atoms with Crippen molar-refractivity contribution in [1.29, 1.82) is 0 Å². The van der Waals surface area contributed by atoms with Gasteiger partial charge in [0.05, 0.1) is 5.69 Å². The van der Waals surface area contributed by atoms with E-state index in [0.29, 0.717) is 35.1 Å². The first-order chi connectivity index (χ1) is 12.0. The summed E-state index contributed by atoms with van der Waals surface area (Å²) in [5.41, 5.74) is 1.42. The second-order valence-corrected chi connectivity index (χ2v) is 6.37. The molecule has 0 aliphatic carbocycles. The minimum absolute atomic E-state index is 0.176. The lowest BCUT2D eigenvalue weighted by Crippen LogP contribution is -2.47. The molecule has 3 heterocycles. The molecule has 0 saturated carbocycles. The van der Waals surface area contributed by atoms with Crippen molar-refractivity contribution in [2.24, 2.45) is 0 Å². The van der Waals surface area contributed by atoms with Crippen LogP contribution in [0.1, 0.15) is 29.7 Å². The van der Waals surface area contributed by atoms with Crippen molar-refractivity contribution >= 4 is 5.95 Å². The average Bonchev–Trinajstić information content (AvgIpc) is 2.58. The van der Waals surface area contributed by atoms with E-state index in [0.717, 1.165) is 32.7 Å². The Morgan fingerprint density at radius 3 is 2.44 bits per heavy atom. The van der Waals surface area contributed by atoms with Gasteiger partial charge in [0, 0.05) is 49.9 Å². The molecule has 134 valence electrons. The van der Waals surface area contributed by atoms with Crippen molar-refractivity contribution in [1.82, 2.24) is 24.8 Å².